The van der Waals surface area contributed by atoms with Gasteiger partial charge in [0.05, 0.1) is 11.4 Å². The van der Waals surface area contributed by atoms with Crippen molar-refractivity contribution in [3.8, 4) is 28.3 Å². The number of carbonyl (C=O) groups is 1. The van der Waals surface area contributed by atoms with Gasteiger partial charge in [0.2, 0.25) is 0 Å². The smallest absolute Gasteiger partial charge is 0.341 e. The van der Waals surface area contributed by atoms with Crippen molar-refractivity contribution in [2.45, 2.75) is 30.8 Å². The first-order chi connectivity index (χ1) is 17.2. The molecule has 3 aromatic carbocycles. The Morgan fingerprint density at radius 1 is 1.00 bits per heavy atom. The zero-order chi connectivity index (χ0) is 24.0. The molecule has 5 rings (SSSR count). The quantitative estimate of drug-likeness (QED) is 0.265. The van der Waals surface area contributed by atoms with Crippen molar-refractivity contribution in [2.75, 3.05) is 12.4 Å². The maximum atomic E-state index is 10.9. The average Bonchev–Trinajstić information content (AvgIpc) is 3.32. The maximum Gasteiger partial charge on any atom is 0.341 e. The topological polar surface area (TPSA) is 75.2 Å². The minimum absolute atomic E-state index is 0.296. The number of carboxylic acids is 1. The molecule has 1 unspecified atom stereocenters. The molecule has 0 spiro atoms. The van der Waals surface area contributed by atoms with Gasteiger partial charge in [0.1, 0.15) is 5.75 Å². The second-order valence-corrected chi connectivity index (χ2v) is 9.90. The lowest BCUT2D eigenvalue weighted by molar-refractivity contribution is -0.139. The van der Waals surface area contributed by atoms with Gasteiger partial charge in [-0.3, -0.25) is 0 Å². The molecule has 4 aromatic rings. The number of hydrogen-bond acceptors (Lipinski definition) is 4. The van der Waals surface area contributed by atoms with Crippen LogP contribution in [0.3, 0.4) is 0 Å². The second kappa shape index (κ2) is 10.8. The summed E-state index contributed by atoms with van der Waals surface area (Å²) in [6.07, 6.45) is 4.12. The molecular weight excluding hydrogens is 456 g/mol. The van der Waals surface area contributed by atoms with E-state index in [2.05, 4.69) is 47.4 Å². The van der Waals surface area contributed by atoms with Gasteiger partial charge in [0.15, 0.2) is 11.8 Å². The van der Waals surface area contributed by atoms with Crippen molar-refractivity contribution in [3.63, 3.8) is 0 Å². The van der Waals surface area contributed by atoms with E-state index in [1.807, 2.05) is 36.4 Å². The van der Waals surface area contributed by atoms with E-state index in [1.165, 1.54) is 11.1 Å². The number of nitrogens with one attached hydrogen (secondary N) is 1. The number of thioether (sulfide) groups is 1. The normalized spacial score (nSPS) is 14.9. The van der Waals surface area contributed by atoms with Crippen LogP contribution in [0.1, 0.15) is 24.0 Å². The van der Waals surface area contributed by atoms with Gasteiger partial charge in [-0.2, -0.15) is 0 Å². The lowest BCUT2D eigenvalue weighted by Gasteiger charge is -2.26. The van der Waals surface area contributed by atoms with Crippen LogP contribution in [0.25, 0.3) is 22.5 Å². The van der Waals surface area contributed by atoms with Crippen LogP contribution in [0.2, 0.25) is 0 Å². The monoisotopic (exact) mass is 484 g/mol. The molecule has 1 heterocycles. The highest BCUT2D eigenvalue weighted by Gasteiger charge is 2.22. The van der Waals surface area contributed by atoms with E-state index >= 15 is 0 Å². The fraction of sp³-hybridized carbons (Fsp3) is 0.241. The minimum atomic E-state index is -0.947. The van der Waals surface area contributed by atoms with Crippen LogP contribution in [0.4, 0.5) is 0 Å². The van der Waals surface area contributed by atoms with Gasteiger partial charge in [-0.1, -0.05) is 84.6 Å². The van der Waals surface area contributed by atoms with Crippen molar-refractivity contribution in [2.24, 2.45) is 5.92 Å². The molecule has 2 N–H and O–H groups in total. The first kappa shape index (κ1) is 23.2. The van der Waals surface area contributed by atoms with Crippen LogP contribution in [0.5, 0.6) is 5.75 Å². The Balaban J connectivity index is 1.25. The molecule has 0 amide bonds. The lowest BCUT2D eigenvalue weighted by atomic mass is 9.82. The molecule has 1 atom stereocenters. The van der Waals surface area contributed by atoms with Crippen LogP contribution in [0.15, 0.2) is 84.0 Å². The number of aliphatic carboxylic acids is 1. The van der Waals surface area contributed by atoms with Gasteiger partial charge in [-0.05, 0) is 48.8 Å². The standard InChI is InChI=1S/C29H28N2O3S/c32-26(33)19-34-25-13-7-12-23-18-20(14-15-24(23)25)16-17-35-29-30-27(21-8-3-1-4-9-21)28(31-29)22-10-5-2-6-11-22/h1-13,20H,14-19H2,(H,30,31)(H,32,33). The summed E-state index contributed by atoms with van der Waals surface area (Å²) in [4.78, 5) is 19.4. The average molecular weight is 485 g/mol. The summed E-state index contributed by atoms with van der Waals surface area (Å²) < 4.78 is 5.51. The van der Waals surface area contributed by atoms with Gasteiger partial charge in [0, 0.05) is 16.9 Å². The van der Waals surface area contributed by atoms with E-state index in [9.17, 15) is 4.79 Å². The third-order valence-electron chi connectivity index (χ3n) is 6.45. The van der Waals surface area contributed by atoms with Crippen LogP contribution in [-0.4, -0.2) is 33.4 Å². The fourth-order valence-electron chi connectivity index (χ4n) is 4.73. The molecule has 1 aliphatic carbocycles. The van der Waals surface area contributed by atoms with E-state index in [1.54, 1.807) is 11.8 Å². The number of imidazole rings is 1. The molecular formula is C29H28N2O3S. The summed E-state index contributed by atoms with van der Waals surface area (Å²) in [5.41, 5.74) is 6.74. The van der Waals surface area contributed by atoms with Crippen molar-refractivity contribution in [3.05, 3.63) is 90.0 Å². The number of rotatable bonds is 9. The summed E-state index contributed by atoms with van der Waals surface area (Å²) >= 11 is 1.78. The Kier molecular flexibility index (Phi) is 7.19. The highest BCUT2D eigenvalue weighted by Crippen LogP contribution is 2.36. The van der Waals surface area contributed by atoms with E-state index in [-0.39, 0.29) is 6.61 Å². The Hall–Kier alpha value is -3.51. The summed E-state index contributed by atoms with van der Waals surface area (Å²) in [7, 11) is 0. The Morgan fingerprint density at radius 3 is 2.49 bits per heavy atom. The third-order valence-corrected chi connectivity index (χ3v) is 7.36. The van der Waals surface area contributed by atoms with Gasteiger partial charge < -0.3 is 14.8 Å². The summed E-state index contributed by atoms with van der Waals surface area (Å²) in [5, 5.41) is 9.87. The highest BCUT2D eigenvalue weighted by molar-refractivity contribution is 7.99. The number of H-pyrrole nitrogens is 1. The number of benzene rings is 3. The van der Waals surface area contributed by atoms with E-state index in [4.69, 9.17) is 14.8 Å². The lowest BCUT2D eigenvalue weighted by Crippen LogP contribution is -2.17. The summed E-state index contributed by atoms with van der Waals surface area (Å²) in [5.74, 6) is 1.36. The van der Waals surface area contributed by atoms with Gasteiger partial charge >= 0.3 is 5.97 Å². The van der Waals surface area contributed by atoms with Crippen molar-refractivity contribution < 1.29 is 14.6 Å². The molecule has 5 nitrogen and oxygen atoms in total. The summed E-state index contributed by atoms with van der Waals surface area (Å²) in [6, 6.07) is 26.7. The Labute approximate surface area is 209 Å². The zero-order valence-electron chi connectivity index (χ0n) is 19.4. The van der Waals surface area contributed by atoms with Crippen molar-refractivity contribution >= 4 is 17.7 Å². The molecule has 1 aromatic heterocycles. The number of carboxylic acid groups (broad SMARTS) is 1. The van der Waals surface area contributed by atoms with E-state index in [0.29, 0.717) is 5.92 Å². The van der Waals surface area contributed by atoms with Crippen LogP contribution in [0, 0.1) is 5.92 Å². The molecule has 0 fully saturated rings. The third kappa shape index (κ3) is 5.60. The number of hydrogen-bond donors (Lipinski definition) is 2. The number of fused-ring (bicyclic) bond motifs is 1. The van der Waals surface area contributed by atoms with Gasteiger partial charge in [0.25, 0.3) is 0 Å². The molecule has 0 saturated heterocycles. The zero-order valence-corrected chi connectivity index (χ0v) is 20.3. The first-order valence-electron chi connectivity index (χ1n) is 12.0. The molecule has 1 aliphatic rings. The Bertz CT molecular complexity index is 1230. The highest BCUT2D eigenvalue weighted by atomic mass is 32.2. The maximum absolute atomic E-state index is 10.9. The molecule has 0 aliphatic heterocycles. The van der Waals surface area contributed by atoms with Gasteiger partial charge in [-0.15, -0.1) is 0 Å². The fourth-order valence-corrected chi connectivity index (χ4v) is 5.70. The number of aromatic amines is 1. The van der Waals surface area contributed by atoms with Gasteiger partial charge in [-0.25, -0.2) is 9.78 Å². The Morgan fingerprint density at radius 2 is 1.74 bits per heavy atom. The van der Waals surface area contributed by atoms with Crippen molar-refractivity contribution in [1.82, 2.24) is 9.97 Å². The SMILES string of the molecule is O=C(O)COc1cccc2c1CCC(CCSc1nc(-c3ccccc3)c(-c3ccccc3)[nH]1)C2. The molecule has 0 saturated carbocycles. The molecule has 178 valence electrons. The predicted molar refractivity (Wildman–Crippen MR) is 140 cm³/mol. The second-order valence-electron chi connectivity index (χ2n) is 8.82. The van der Waals surface area contributed by atoms with Crippen LogP contribution in [-0.2, 0) is 17.6 Å². The number of ether oxygens (including phenoxy) is 1. The number of aromatic nitrogens is 2. The summed E-state index contributed by atoms with van der Waals surface area (Å²) in [6.45, 7) is -0.296. The first-order valence-corrected chi connectivity index (χ1v) is 12.9. The minimum Gasteiger partial charge on any atom is -0.482 e. The van der Waals surface area contributed by atoms with E-state index in [0.717, 1.165) is 64.9 Å². The number of nitrogens with zero attached hydrogens (tertiary/aromatic N) is 1. The molecule has 6 heteroatoms. The predicted octanol–water partition coefficient (Wildman–Crippen LogP) is 6.49. The largest absolute Gasteiger partial charge is 0.482 e. The molecule has 35 heavy (non-hydrogen) atoms. The molecule has 0 radical (unpaired) electrons. The van der Waals surface area contributed by atoms with Crippen LogP contribution < -0.4 is 4.74 Å². The van der Waals surface area contributed by atoms with Crippen LogP contribution >= 0.6 is 11.8 Å². The van der Waals surface area contributed by atoms with E-state index < -0.39 is 5.97 Å². The van der Waals surface area contributed by atoms with Crippen molar-refractivity contribution in [1.29, 1.82) is 0 Å². The molecule has 0 bridgehead atoms.